The topological polar surface area (TPSA) is 64.7 Å². The number of aliphatic hydroxyl groups excluding tert-OH is 1. The van der Waals surface area contributed by atoms with Crippen LogP contribution >= 0.6 is 0 Å². The summed E-state index contributed by atoms with van der Waals surface area (Å²) in [6.45, 7) is 0.675. The van der Waals surface area contributed by atoms with Crippen molar-refractivity contribution in [3.8, 4) is 5.75 Å². The van der Waals surface area contributed by atoms with Crippen molar-refractivity contribution in [1.29, 1.82) is 0 Å². The molecule has 2 rings (SSSR count). The number of hydrogen-bond acceptors (Lipinski definition) is 4. The van der Waals surface area contributed by atoms with Crippen LogP contribution in [-0.2, 0) is 10.3 Å². The standard InChI is InChI=1S/C15H20F3NO3/c16-15(17,18)6-1-7-22-13-4-2-11(3-5-13)14(19)10-21-9-12(14)8-20/h2-5,12,20H,1,6-10,19H2/t12-,14-/m1/s1. The second-order valence-electron chi connectivity index (χ2n) is 5.53. The molecule has 1 saturated heterocycles. The van der Waals surface area contributed by atoms with E-state index in [0.717, 1.165) is 5.56 Å². The van der Waals surface area contributed by atoms with Crippen molar-refractivity contribution in [2.75, 3.05) is 26.4 Å². The Balaban J connectivity index is 1.90. The molecule has 1 aromatic rings. The fraction of sp³-hybridized carbons (Fsp3) is 0.600. The lowest BCUT2D eigenvalue weighted by Crippen LogP contribution is -2.45. The number of benzene rings is 1. The lowest BCUT2D eigenvalue weighted by atomic mass is 9.82. The Morgan fingerprint density at radius 1 is 1.32 bits per heavy atom. The van der Waals surface area contributed by atoms with Gasteiger partial charge in [0.25, 0.3) is 0 Å². The summed E-state index contributed by atoms with van der Waals surface area (Å²) in [6.07, 6.45) is -5.08. The Kier molecular flexibility index (Phi) is 5.31. The number of alkyl halides is 3. The van der Waals surface area contributed by atoms with E-state index in [1.807, 2.05) is 0 Å². The lowest BCUT2D eigenvalue weighted by Gasteiger charge is -2.28. The highest BCUT2D eigenvalue weighted by atomic mass is 19.4. The van der Waals surface area contributed by atoms with Gasteiger partial charge in [0.1, 0.15) is 5.75 Å². The SMILES string of the molecule is N[C@@]1(c2ccc(OCCCC(F)(F)F)cc2)COC[C@H]1CO. The van der Waals surface area contributed by atoms with Crippen molar-refractivity contribution < 1.29 is 27.8 Å². The molecule has 1 aliphatic rings. The molecule has 0 aromatic heterocycles. The van der Waals surface area contributed by atoms with Crippen LogP contribution in [0, 0.1) is 5.92 Å². The first kappa shape index (κ1) is 17.1. The van der Waals surface area contributed by atoms with E-state index < -0.39 is 18.1 Å². The first-order valence-electron chi connectivity index (χ1n) is 7.13. The second-order valence-corrected chi connectivity index (χ2v) is 5.53. The highest BCUT2D eigenvalue weighted by Crippen LogP contribution is 2.33. The molecule has 1 aliphatic heterocycles. The molecule has 0 spiro atoms. The summed E-state index contributed by atoms with van der Waals surface area (Å²) in [5, 5.41) is 9.35. The molecule has 0 bridgehead atoms. The molecule has 1 aromatic carbocycles. The Morgan fingerprint density at radius 3 is 2.59 bits per heavy atom. The van der Waals surface area contributed by atoms with Crippen molar-refractivity contribution in [2.24, 2.45) is 11.7 Å². The number of rotatable bonds is 6. The predicted octanol–water partition coefficient (Wildman–Crippen LogP) is 2.20. The first-order valence-corrected chi connectivity index (χ1v) is 7.13. The summed E-state index contributed by atoms with van der Waals surface area (Å²) in [6, 6.07) is 6.86. The van der Waals surface area contributed by atoms with Gasteiger partial charge in [-0.2, -0.15) is 13.2 Å². The summed E-state index contributed by atoms with van der Waals surface area (Å²) in [5.41, 5.74) is 6.37. The van der Waals surface area contributed by atoms with E-state index in [1.54, 1.807) is 24.3 Å². The van der Waals surface area contributed by atoms with Gasteiger partial charge >= 0.3 is 6.18 Å². The van der Waals surface area contributed by atoms with Gasteiger partial charge in [-0.1, -0.05) is 12.1 Å². The van der Waals surface area contributed by atoms with E-state index in [-0.39, 0.29) is 25.6 Å². The van der Waals surface area contributed by atoms with Crippen LogP contribution in [0.25, 0.3) is 0 Å². The highest BCUT2D eigenvalue weighted by molar-refractivity contribution is 5.33. The van der Waals surface area contributed by atoms with Crippen LogP contribution in [-0.4, -0.2) is 37.7 Å². The first-order chi connectivity index (χ1) is 10.3. The van der Waals surface area contributed by atoms with Gasteiger partial charge in [-0.3, -0.25) is 0 Å². The molecule has 0 unspecified atom stereocenters. The van der Waals surface area contributed by atoms with Gasteiger partial charge < -0.3 is 20.3 Å². The molecule has 7 heteroatoms. The molecule has 124 valence electrons. The van der Waals surface area contributed by atoms with Crippen molar-refractivity contribution in [3.05, 3.63) is 29.8 Å². The van der Waals surface area contributed by atoms with Crippen LogP contribution in [0.3, 0.4) is 0 Å². The van der Waals surface area contributed by atoms with E-state index in [2.05, 4.69) is 0 Å². The fourth-order valence-corrected chi connectivity index (χ4v) is 2.50. The Labute approximate surface area is 127 Å². The number of ether oxygens (including phenoxy) is 2. The summed E-state index contributed by atoms with van der Waals surface area (Å²) in [4.78, 5) is 0. The predicted molar refractivity (Wildman–Crippen MR) is 74.5 cm³/mol. The third-order valence-corrected chi connectivity index (χ3v) is 3.87. The van der Waals surface area contributed by atoms with Gasteiger partial charge in [0.2, 0.25) is 0 Å². The molecule has 0 aliphatic carbocycles. The third kappa shape index (κ3) is 4.12. The normalized spacial score (nSPS) is 25.4. The minimum atomic E-state index is -4.15. The molecule has 3 N–H and O–H groups in total. The quantitative estimate of drug-likeness (QED) is 0.789. The maximum absolute atomic E-state index is 12.0. The van der Waals surface area contributed by atoms with Crippen LogP contribution < -0.4 is 10.5 Å². The number of hydrogen-bond donors (Lipinski definition) is 2. The van der Waals surface area contributed by atoms with Crippen molar-refractivity contribution in [2.45, 2.75) is 24.6 Å². The van der Waals surface area contributed by atoms with Gasteiger partial charge in [-0.25, -0.2) is 0 Å². The monoisotopic (exact) mass is 319 g/mol. The van der Waals surface area contributed by atoms with Gasteiger partial charge in [0, 0.05) is 12.3 Å². The van der Waals surface area contributed by atoms with Crippen LogP contribution in [0.4, 0.5) is 13.2 Å². The molecule has 22 heavy (non-hydrogen) atoms. The van der Waals surface area contributed by atoms with Crippen molar-refractivity contribution >= 4 is 0 Å². The van der Waals surface area contributed by atoms with E-state index in [0.29, 0.717) is 19.0 Å². The average molecular weight is 319 g/mol. The summed E-state index contributed by atoms with van der Waals surface area (Å²) < 4.78 is 46.7. The molecule has 1 heterocycles. The van der Waals surface area contributed by atoms with Gasteiger partial charge in [0.15, 0.2) is 0 Å². The average Bonchev–Trinajstić information content (AvgIpc) is 2.85. The van der Waals surface area contributed by atoms with Crippen LogP contribution in [0.1, 0.15) is 18.4 Å². The number of nitrogens with two attached hydrogens (primary N) is 1. The van der Waals surface area contributed by atoms with Crippen LogP contribution in [0.5, 0.6) is 5.75 Å². The zero-order chi connectivity index (χ0) is 16.2. The van der Waals surface area contributed by atoms with Crippen molar-refractivity contribution in [1.82, 2.24) is 0 Å². The maximum Gasteiger partial charge on any atom is 0.389 e. The van der Waals surface area contributed by atoms with Crippen LogP contribution in [0.2, 0.25) is 0 Å². The fourth-order valence-electron chi connectivity index (χ4n) is 2.50. The van der Waals surface area contributed by atoms with E-state index in [1.165, 1.54) is 0 Å². The van der Waals surface area contributed by atoms with Crippen LogP contribution in [0.15, 0.2) is 24.3 Å². The Morgan fingerprint density at radius 2 is 2.00 bits per heavy atom. The molecule has 1 fully saturated rings. The summed E-state index contributed by atoms with van der Waals surface area (Å²) >= 11 is 0. The second kappa shape index (κ2) is 6.85. The summed E-state index contributed by atoms with van der Waals surface area (Å²) in [7, 11) is 0. The van der Waals surface area contributed by atoms with E-state index in [4.69, 9.17) is 15.2 Å². The summed E-state index contributed by atoms with van der Waals surface area (Å²) in [5.74, 6) is 0.319. The molecule has 0 saturated carbocycles. The zero-order valence-electron chi connectivity index (χ0n) is 12.1. The Bertz CT molecular complexity index is 478. The third-order valence-electron chi connectivity index (χ3n) is 3.87. The smallest absolute Gasteiger partial charge is 0.389 e. The van der Waals surface area contributed by atoms with Crippen molar-refractivity contribution in [3.63, 3.8) is 0 Å². The molecule has 4 nitrogen and oxygen atoms in total. The van der Waals surface area contributed by atoms with Gasteiger partial charge in [0.05, 0.1) is 32.0 Å². The molecule has 0 radical (unpaired) electrons. The number of aliphatic hydroxyl groups is 1. The largest absolute Gasteiger partial charge is 0.494 e. The highest BCUT2D eigenvalue weighted by Gasteiger charge is 2.41. The lowest BCUT2D eigenvalue weighted by molar-refractivity contribution is -0.136. The number of halogens is 3. The molecular weight excluding hydrogens is 299 g/mol. The van der Waals surface area contributed by atoms with E-state index >= 15 is 0 Å². The minimum Gasteiger partial charge on any atom is -0.494 e. The molecular formula is C15H20F3NO3. The molecule has 2 atom stereocenters. The van der Waals surface area contributed by atoms with Gasteiger partial charge in [-0.15, -0.1) is 0 Å². The zero-order valence-corrected chi connectivity index (χ0v) is 12.1. The minimum absolute atomic E-state index is 0.00893. The van der Waals surface area contributed by atoms with Gasteiger partial charge in [-0.05, 0) is 24.1 Å². The maximum atomic E-state index is 12.0. The van der Waals surface area contributed by atoms with E-state index in [9.17, 15) is 18.3 Å². The Hall–Kier alpha value is -1.31. The molecule has 0 amide bonds.